The zero-order valence-corrected chi connectivity index (χ0v) is 12.5. The maximum absolute atomic E-state index is 5.77. The molecule has 112 valence electrons. The smallest absolute Gasteiger partial charge is 0.119 e. The SMILES string of the molecule is CCc1cccc(OCCn2cc(CNC3CC3)nn2)c1. The number of ether oxygens (including phenoxy) is 1. The topological polar surface area (TPSA) is 52.0 Å². The molecule has 2 aromatic rings. The highest BCUT2D eigenvalue weighted by atomic mass is 16.5. The van der Waals surface area contributed by atoms with Crippen LogP contribution in [0, 0.1) is 0 Å². The summed E-state index contributed by atoms with van der Waals surface area (Å²) in [5.41, 5.74) is 2.29. The summed E-state index contributed by atoms with van der Waals surface area (Å²) in [6, 6.07) is 8.93. The third kappa shape index (κ3) is 4.29. The highest BCUT2D eigenvalue weighted by molar-refractivity contribution is 5.28. The average molecular weight is 286 g/mol. The van der Waals surface area contributed by atoms with Crippen molar-refractivity contribution in [1.82, 2.24) is 20.3 Å². The minimum absolute atomic E-state index is 0.603. The quantitative estimate of drug-likeness (QED) is 0.808. The van der Waals surface area contributed by atoms with Gasteiger partial charge in [0.1, 0.15) is 12.4 Å². The van der Waals surface area contributed by atoms with Crippen LogP contribution in [0.3, 0.4) is 0 Å². The van der Waals surface area contributed by atoms with E-state index in [1.807, 2.05) is 23.0 Å². The number of rotatable bonds is 8. The van der Waals surface area contributed by atoms with Gasteiger partial charge in [0.2, 0.25) is 0 Å². The van der Waals surface area contributed by atoms with Crippen LogP contribution in [-0.2, 0) is 19.5 Å². The van der Waals surface area contributed by atoms with Crippen LogP contribution in [0.25, 0.3) is 0 Å². The molecule has 3 rings (SSSR count). The average Bonchev–Trinajstić information content (AvgIpc) is 3.24. The van der Waals surface area contributed by atoms with Crippen LogP contribution in [-0.4, -0.2) is 27.6 Å². The normalized spacial score (nSPS) is 14.3. The van der Waals surface area contributed by atoms with Crippen molar-refractivity contribution in [1.29, 1.82) is 0 Å². The van der Waals surface area contributed by atoms with Gasteiger partial charge in [0.25, 0.3) is 0 Å². The van der Waals surface area contributed by atoms with Crippen LogP contribution < -0.4 is 10.1 Å². The van der Waals surface area contributed by atoms with Crippen molar-refractivity contribution in [2.24, 2.45) is 0 Å². The van der Waals surface area contributed by atoms with E-state index >= 15 is 0 Å². The first kappa shape index (κ1) is 14.1. The second-order valence-corrected chi connectivity index (χ2v) is 5.48. The van der Waals surface area contributed by atoms with E-state index < -0.39 is 0 Å². The summed E-state index contributed by atoms with van der Waals surface area (Å²) in [4.78, 5) is 0. The molecule has 0 amide bonds. The summed E-state index contributed by atoms with van der Waals surface area (Å²) in [6.45, 7) is 4.27. The Balaban J connectivity index is 1.43. The Kier molecular flexibility index (Phi) is 4.50. The molecule has 1 N–H and O–H groups in total. The summed E-state index contributed by atoms with van der Waals surface area (Å²) >= 11 is 0. The fourth-order valence-electron chi connectivity index (χ4n) is 2.18. The molecule has 0 aliphatic heterocycles. The number of hydrogen-bond acceptors (Lipinski definition) is 4. The summed E-state index contributed by atoms with van der Waals surface area (Å²) < 4.78 is 7.61. The maximum Gasteiger partial charge on any atom is 0.119 e. The van der Waals surface area contributed by atoms with Gasteiger partial charge in [-0.3, -0.25) is 0 Å². The lowest BCUT2D eigenvalue weighted by molar-refractivity contribution is 0.289. The van der Waals surface area contributed by atoms with Crippen molar-refractivity contribution in [2.45, 2.75) is 45.3 Å². The molecule has 0 bridgehead atoms. The molecule has 1 aliphatic carbocycles. The molecule has 1 aromatic heterocycles. The highest BCUT2D eigenvalue weighted by Crippen LogP contribution is 2.18. The van der Waals surface area contributed by atoms with Gasteiger partial charge in [-0.1, -0.05) is 24.3 Å². The van der Waals surface area contributed by atoms with Crippen molar-refractivity contribution in [3.05, 3.63) is 41.7 Å². The fraction of sp³-hybridized carbons (Fsp3) is 0.500. The lowest BCUT2D eigenvalue weighted by Gasteiger charge is -2.07. The van der Waals surface area contributed by atoms with Crippen LogP contribution in [0.4, 0.5) is 0 Å². The number of aryl methyl sites for hydroxylation is 1. The van der Waals surface area contributed by atoms with Gasteiger partial charge in [0, 0.05) is 18.8 Å². The summed E-state index contributed by atoms with van der Waals surface area (Å²) in [6.07, 6.45) is 5.59. The lowest BCUT2D eigenvalue weighted by Crippen LogP contribution is -2.15. The first-order valence-electron chi connectivity index (χ1n) is 7.67. The van der Waals surface area contributed by atoms with Gasteiger partial charge in [-0.2, -0.15) is 0 Å². The van der Waals surface area contributed by atoms with Crippen molar-refractivity contribution >= 4 is 0 Å². The zero-order valence-electron chi connectivity index (χ0n) is 12.5. The Morgan fingerprint density at radius 2 is 2.29 bits per heavy atom. The van der Waals surface area contributed by atoms with Crippen LogP contribution in [0.2, 0.25) is 0 Å². The van der Waals surface area contributed by atoms with E-state index in [1.54, 1.807) is 0 Å². The van der Waals surface area contributed by atoms with Gasteiger partial charge in [0.05, 0.1) is 12.2 Å². The van der Waals surface area contributed by atoms with Crippen LogP contribution in [0.15, 0.2) is 30.5 Å². The van der Waals surface area contributed by atoms with Crippen LogP contribution in [0.5, 0.6) is 5.75 Å². The number of benzene rings is 1. The molecule has 0 atom stereocenters. The second kappa shape index (κ2) is 6.72. The molecule has 1 heterocycles. The lowest BCUT2D eigenvalue weighted by atomic mass is 10.2. The van der Waals surface area contributed by atoms with Crippen molar-refractivity contribution in [3.63, 3.8) is 0 Å². The first-order valence-corrected chi connectivity index (χ1v) is 7.67. The number of hydrogen-bond donors (Lipinski definition) is 1. The molecule has 1 fully saturated rings. The Bertz CT molecular complexity index is 577. The molecular weight excluding hydrogens is 264 g/mol. The second-order valence-electron chi connectivity index (χ2n) is 5.48. The van der Waals surface area contributed by atoms with Crippen molar-refractivity contribution in [3.8, 4) is 5.75 Å². The van der Waals surface area contributed by atoms with Crippen LogP contribution in [0.1, 0.15) is 31.0 Å². The van der Waals surface area contributed by atoms with E-state index in [1.165, 1.54) is 18.4 Å². The maximum atomic E-state index is 5.77. The van der Waals surface area contributed by atoms with Crippen molar-refractivity contribution in [2.75, 3.05) is 6.61 Å². The molecule has 21 heavy (non-hydrogen) atoms. The molecule has 5 heteroatoms. The highest BCUT2D eigenvalue weighted by Gasteiger charge is 2.20. The third-order valence-electron chi connectivity index (χ3n) is 3.63. The summed E-state index contributed by atoms with van der Waals surface area (Å²) in [5, 5.41) is 11.7. The van der Waals surface area contributed by atoms with E-state index in [9.17, 15) is 0 Å². The molecule has 0 saturated heterocycles. The summed E-state index contributed by atoms with van der Waals surface area (Å²) in [7, 11) is 0. The summed E-state index contributed by atoms with van der Waals surface area (Å²) in [5.74, 6) is 0.921. The fourth-order valence-corrected chi connectivity index (χ4v) is 2.18. The number of nitrogens with zero attached hydrogens (tertiary/aromatic N) is 3. The Morgan fingerprint density at radius 3 is 3.10 bits per heavy atom. The van der Waals surface area contributed by atoms with Gasteiger partial charge < -0.3 is 10.1 Å². The van der Waals surface area contributed by atoms with Gasteiger partial charge in [-0.05, 0) is 37.0 Å². The minimum Gasteiger partial charge on any atom is -0.492 e. The van der Waals surface area contributed by atoms with Gasteiger partial charge >= 0.3 is 0 Å². The molecule has 1 aliphatic rings. The predicted octanol–water partition coefficient (Wildman–Crippen LogP) is 2.17. The predicted molar refractivity (Wildman–Crippen MR) is 81.2 cm³/mol. The molecule has 0 spiro atoms. The standard InChI is InChI=1S/C16H22N4O/c1-2-13-4-3-5-16(10-13)21-9-8-20-12-15(18-19-20)11-17-14-6-7-14/h3-5,10,12,14,17H,2,6-9,11H2,1H3. The van der Waals surface area contributed by atoms with E-state index in [2.05, 4.69) is 34.7 Å². The van der Waals surface area contributed by atoms with Crippen LogP contribution >= 0.6 is 0 Å². The molecule has 1 aromatic carbocycles. The van der Waals surface area contributed by atoms with E-state index in [4.69, 9.17) is 4.74 Å². The van der Waals surface area contributed by atoms with Gasteiger partial charge in [-0.25, -0.2) is 4.68 Å². The van der Waals surface area contributed by atoms with Gasteiger partial charge in [-0.15, -0.1) is 5.10 Å². The molecule has 5 nitrogen and oxygen atoms in total. The first-order chi connectivity index (χ1) is 10.3. The van der Waals surface area contributed by atoms with Crippen molar-refractivity contribution < 1.29 is 4.74 Å². The number of aromatic nitrogens is 3. The van der Waals surface area contributed by atoms with Gasteiger partial charge in [0.15, 0.2) is 0 Å². The third-order valence-corrected chi connectivity index (χ3v) is 3.63. The zero-order chi connectivity index (χ0) is 14.5. The monoisotopic (exact) mass is 286 g/mol. The largest absolute Gasteiger partial charge is 0.492 e. The number of nitrogens with one attached hydrogen (secondary N) is 1. The Morgan fingerprint density at radius 1 is 1.38 bits per heavy atom. The molecule has 1 saturated carbocycles. The molecule has 0 unspecified atom stereocenters. The van der Waals surface area contributed by atoms with E-state index in [-0.39, 0.29) is 0 Å². The Labute approximate surface area is 125 Å². The minimum atomic E-state index is 0.603. The van der Waals surface area contributed by atoms with E-state index in [0.29, 0.717) is 19.2 Å². The van der Waals surface area contributed by atoms with E-state index in [0.717, 1.165) is 24.4 Å². The Hall–Kier alpha value is -1.88. The molecule has 0 radical (unpaired) electrons. The molecular formula is C16H22N4O.